The summed E-state index contributed by atoms with van der Waals surface area (Å²) in [7, 11) is -3.51. The average molecular weight is 510 g/mol. The van der Waals surface area contributed by atoms with E-state index in [0.717, 1.165) is 25.7 Å². The lowest BCUT2D eigenvalue weighted by atomic mass is 9.91. The molecule has 1 saturated carbocycles. The topological polar surface area (TPSA) is 133 Å². The summed E-state index contributed by atoms with van der Waals surface area (Å²) in [4.78, 5) is 38.5. The van der Waals surface area contributed by atoms with Crippen molar-refractivity contribution in [3.05, 3.63) is 30.3 Å². The molecule has 9 heteroatoms. The SMILES string of the molecule is CC(C)[C@@H](C(=O)NC[C@H](O)CP(=O)(O)CC1CCCCC1)N(C(=O)[C@H](N)C(C)C)c1ccccc1. The van der Waals surface area contributed by atoms with Gasteiger partial charge in [0.1, 0.15) is 6.04 Å². The first-order chi connectivity index (χ1) is 16.4. The molecule has 0 radical (unpaired) electrons. The molecular formula is C26H44N3O5P. The van der Waals surface area contributed by atoms with E-state index in [0.29, 0.717) is 5.69 Å². The van der Waals surface area contributed by atoms with E-state index >= 15 is 0 Å². The number of nitrogens with zero attached hydrogens (tertiary/aromatic N) is 1. The number of rotatable bonds is 12. The molecule has 1 aromatic carbocycles. The number of nitrogens with one attached hydrogen (secondary N) is 1. The number of carbonyl (C=O) groups excluding carboxylic acids is 2. The van der Waals surface area contributed by atoms with Crippen LogP contribution in [0.3, 0.4) is 0 Å². The van der Waals surface area contributed by atoms with E-state index in [1.54, 1.807) is 24.3 Å². The number of nitrogens with two attached hydrogens (primary N) is 1. The van der Waals surface area contributed by atoms with Gasteiger partial charge in [-0.05, 0) is 42.7 Å². The van der Waals surface area contributed by atoms with Crippen molar-refractivity contribution in [2.45, 2.75) is 78.0 Å². The quantitative estimate of drug-likeness (QED) is 0.320. The summed E-state index contributed by atoms with van der Waals surface area (Å²) in [5.74, 6) is -0.928. The van der Waals surface area contributed by atoms with Gasteiger partial charge in [0.05, 0.1) is 18.3 Å². The van der Waals surface area contributed by atoms with Gasteiger partial charge >= 0.3 is 0 Å². The van der Waals surface area contributed by atoms with Crippen LogP contribution in [0.2, 0.25) is 0 Å². The molecular weight excluding hydrogens is 465 g/mol. The first kappa shape index (κ1) is 29.5. The second-order valence-electron chi connectivity index (χ2n) is 10.6. The van der Waals surface area contributed by atoms with Crippen molar-refractivity contribution in [3.8, 4) is 0 Å². The van der Waals surface area contributed by atoms with Gasteiger partial charge in [-0.2, -0.15) is 0 Å². The molecule has 0 saturated heterocycles. The molecule has 2 rings (SSSR count). The second kappa shape index (κ2) is 13.5. The Balaban J connectivity index is 2.10. The fourth-order valence-corrected chi connectivity index (χ4v) is 6.85. The normalized spacial score (nSPS) is 19.1. The molecule has 4 atom stereocenters. The number of hydrogen-bond acceptors (Lipinski definition) is 5. The van der Waals surface area contributed by atoms with Gasteiger partial charge in [-0.15, -0.1) is 0 Å². The van der Waals surface area contributed by atoms with E-state index in [-0.39, 0.29) is 42.5 Å². The summed E-state index contributed by atoms with van der Waals surface area (Å²) >= 11 is 0. The predicted octanol–water partition coefficient (Wildman–Crippen LogP) is 3.36. The molecule has 1 unspecified atom stereocenters. The Morgan fingerprint density at radius 2 is 1.69 bits per heavy atom. The molecule has 0 heterocycles. The molecule has 198 valence electrons. The van der Waals surface area contributed by atoms with Crippen LogP contribution in [0.15, 0.2) is 30.3 Å². The van der Waals surface area contributed by atoms with E-state index in [1.807, 2.05) is 33.8 Å². The highest BCUT2D eigenvalue weighted by Crippen LogP contribution is 2.45. The van der Waals surface area contributed by atoms with Crippen molar-refractivity contribution in [1.29, 1.82) is 0 Å². The molecule has 0 aliphatic heterocycles. The average Bonchev–Trinajstić information content (AvgIpc) is 2.80. The van der Waals surface area contributed by atoms with E-state index in [9.17, 15) is 24.2 Å². The summed E-state index contributed by atoms with van der Waals surface area (Å²) in [5, 5.41) is 13.2. The molecule has 1 fully saturated rings. The highest BCUT2D eigenvalue weighted by Gasteiger charge is 2.37. The molecule has 0 spiro atoms. The van der Waals surface area contributed by atoms with Crippen LogP contribution in [-0.4, -0.2) is 58.9 Å². The fraction of sp³-hybridized carbons (Fsp3) is 0.692. The highest BCUT2D eigenvalue weighted by molar-refractivity contribution is 7.58. The van der Waals surface area contributed by atoms with E-state index in [4.69, 9.17) is 5.73 Å². The predicted molar refractivity (Wildman–Crippen MR) is 141 cm³/mol. The van der Waals surface area contributed by atoms with Crippen LogP contribution < -0.4 is 16.0 Å². The van der Waals surface area contributed by atoms with Crippen LogP contribution in [0, 0.1) is 17.8 Å². The first-order valence-electron chi connectivity index (χ1n) is 12.8. The van der Waals surface area contributed by atoms with E-state index < -0.39 is 31.5 Å². The van der Waals surface area contributed by atoms with Gasteiger partial charge in [-0.25, -0.2) is 0 Å². The first-order valence-corrected chi connectivity index (χ1v) is 14.9. The van der Waals surface area contributed by atoms with Gasteiger partial charge in [0.15, 0.2) is 0 Å². The molecule has 1 aliphatic carbocycles. The standard InChI is InChI=1S/C26H44N3O5P/c1-18(2)23(27)26(32)29(21-13-9-6-10-14-21)24(19(3)4)25(31)28-15-22(30)17-35(33,34)16-20-11-7-5-8-12-20/h6,9-10,13-14,18-20,22-24,30H,5,7-8,11-12,15-17,27H2,1-4H3,(H,28,31)(H,33,34)/t22-,23+,24-/m0/s1. The number of anilines is 1. The Morgan fingerprint density at radius 3 is 2.23 bits per heavy atom. The van der Waals surface area contributed by atoms with Crippen LogP contribution >= 0.6 is 7.37 Å². The molecule has 1 aliphatic rings. The number of aliphatic hydroxyl groups excluding tert-OH is 1. The maximum absolute atomic E-state index is 13.4. The maximum atomic E-state index is 13.4. The van der Waals surface area contributed by atoms with Crippen molar-refractivity contribution < 1.29 is 24.2 Å². The lowest BCUT2D eigenvalue weighted by Crippen LogP contribution is -2.58. The van der Waals surface area contributed by atoms with Crippen LogP contribution in [-0.2, 0) is 14.2 Å². The minimum Gasteiger partial charge on any atom is -0.391 e. The lowest BCUT2D eigenvalue weighted by molar-refractivity contribution is -0.128. The Morgan fingerprint density at radius 1 is 1.09 bits per heavy atom. The number of aliphatic hydroxyl groups is 1. The van der Waals surface area contributed by atoms with Gasteiger partial charge < -0.3 is 21.1 Å². The molecule has 35 heavy (non-hydrogen) atoms. The van der Waals surface area contributed by atoms with Crippen molar-refractivity contribution in [1.82, 2.24) is 5.32 Å². The molecule has 1 aromatic rings. The van der Waals surface area contributed by atoms with Crippen molar-refractivity contribution in [2.75, 3.05) is 23.8 Å². The third-order valence-corrected chi connectivity index (χ3v) is 8.81. The summed E-state index contributed by atoms with van der Waals surface area (Å²) in [6.07, 6.45) is 4.05. The van der Waals surface area contributed by atoms with Crippen molar-refractivity contribution in [3.63, 3.8) is 0 Å². The summed E-state index contributed by atoms with van der Waals surface area (Å²) in [6, 6.07) is 7.29. The third kappa shape index (κ3) is 9.02. The van der Waals surface area contributed by atoms with E-state index in [1.165, 1.54) is 11.3 Å². The molecule has 0 aromatic heterocycles. The third-order valence-electron chi connectivity index (χ3n) is 6.73. The zero-order valence-electron chi connectivity index (χ0n) is 21.6. The smallest absolute Gasteiger partial charge is 0.244 e. The zero-order valence-corrected chi connectivity index (χ0v) is 22.5. The Bertz CT molecular complexity index is 858. The van der Waals surface area contributed by atoms with Gasteiger partial charge in [0.25, 0.3) is 0 Å². The Kier molecular flexibility index (Phi) is 11.4. The zero-order chi connectivity index (χ0) is 26.2. The Labute approximate surface area is 210 Å². The van der Waals surface area contributed by atoms with Gasteiger partial charge in [0, 0.05) is 18.4 Å². The van der Waals surface area contributed by atoms with Gasteiger partial charge in [-0.1, -0.05) is 65.2 Å². The van der Waals surface area contributed by atoms with Gasteiger partial charge in [0.2, 0.25) is 19.2 Å². The monoisotopic (exact) mass is 509 g/mol. The molecule has 8 nitrogen and oxygen atoms in total. The maximum Gasteiger partial charge on any atom is 0.244 e. The number of carbonyl (C=O) groups is 2. The van der Waals surface area contributed by atoms with Crippen molar-refractivity contribution in [2.24, 2.45) is 23.5 Å². The number of para-hydroxylation sites is 1. The number of benzene rings is 1. The minimum absolute atomic E-state index is 0.116. The largest absolute Gasteiger partial charge is 0.391 e. The summed E-state index contributed by atoms with van der Waals surface area (Å²) < 4.78 is 12.7. The fourth-order valence-electron chi connectivity index (χ4n) is 4.74. The molecule has 0 bridgehead atoms. The Hall–Kier alpha value is -1.73. The second-order valence-corrected chi connectivity index (χ2v) is 13.0. The molecule has 2 amide bonds. The van der Waals surface area contributed by atoms with Crippen LogP contribution in [0.4, 0.5) is 5.69 Å². The number of hydrogen-bond donors (Lipinski definition) is 4. The van der Waals surface area contributed by atoms with Crippen LogP contribution in [0.1, 0.15) is 59.8 Å². The summed E-state index contributed by atoms with van der Waals surface area (Å²) in [5.41, 5.74) is 6.75. The van der Waals surface area contributed by atoms with Crippen LogP contribution in [0.5, 0.6) is 0 Å². The number of amides is 2. The highest BCUT2D eigenvalue weighted by atomic mass is 31.2. The minimum atomic E-state index is -3.51. The van der Waals surface area contributed by atoms with Crippen molar-refractivity contribution >= 4 is 24.9 Å². The van der Waals surface area contributed by atoms with E-state index in [2.05, 4.69) is 5.32 Å². The lowest BCUT2D eigenvalue weighted by Gasteiger charge is -2.36. The van der Waals surface area contributed by atoms with Crippen LogP contribution in [0.25, 0.3) is 0 Å². The molecule has 5 N–H and O–H groups in total. The van der Waals surface area contributed by atoms with Gasteiger partial charge in [-0.3, -0.25) is 19.1 Å². The summed E-state index contributed by atoms with van der Waals surface area (Å²) in [6.45, 7) is 7.23.